The van der Waals surface area contributed by atoms with Crippen LogP contribution in [0.2, 0.25) is 0 Å². The maximum Gasteiger partial charge on any atom is 0.499 e. The molecule has 0 atom stereocenters. The molecule has 0 saturated carbocycles. The third-order valence-corrected chi connectivity index (χ3v) is 3.78. The fourth-order valence-corrected chi connectivity index (χ4v) is 2.38. The Morgan fingerprint density at radius 3 is 2.17 bits per heavy atom. The van der Waals surface area contributed by atoms with E-state index in [-0.39, 0.29) is 5.84 Å². The summed E-state index contributed by atoms with van der Waals surface area (Å²) in [6.07, 6.45) is -9.40. The second-order valence-corrected chi connectivity index (χ2v) is 6.02. The minimum absolute atomic E-state index is 0.0422. The second-order valence-electron chi connectivity index (χ2n) is 6.02. The largest absolute Gasteiger partial charge is 0.499 e. The van der Waals surface area contributed by atoms with Crippen LogP contribution in [0, 0.1) is 5.41 Å². The number of benzene rings is 2. The molecule has 3 aromatic rings. The molecule has 152 valence electrons. The minimum Gasteiger partial charge on any atom is -0.426 e. The highest BCUT2D eigenvalue weighted by molar-refractivity contribution is 5.79. The molecule has 0 aliphatic heterocycles. The van der Waals surface area contributed by atoms with E-state index in [0.717, 1.165) is 17.7 Å². The van der Waals surface area contributed by atoms with Crippen molar-refractivity contribution in [3.05, 3.63) is 60.4 Å². The van der Waals surface area contributed by atoms with Crippen LogP contribution in [0.3, 0.4) is 0 Å². The van der Waals surface area contributed by atoms with Gasteiger partial charge in [0.15, 0.2) is 5.82 Å². The molecule has 3 rings (SSSR count). The number of rotatable bonds is 6. The first-order chi connectivity index (χ1) is 13.5. The van der Waals surface area contributed by atoms with Gasteiger partial charge in [-0.05, 0) is 29.8 Å². The van der Waals surface area contributed by atoms with Crippen molar-refractivity contribution in [2.75, 3.05) is 0 Å². The van der Waals surface area contributed by atoms with Crippen LogP contribution in [-0.4, -0.2) is 32.9 Å². The molecule has 0 saturated heterocycles. The number of nitrogens with zero attached hydrogens (tertiary/aromatic N) is 3. The van der Waals surface area contributed by atoms with Gasteiger partial charge in [0.05, 0.1) is 11.5 Å². The van der Waals surface area contributed by atoms with E-state index in [1.807, 2.05) is 0 Å². The molecular weight excluding hydrogens is 397 g/mol. The van der Waals surface area contributed by atoms with Crippen molar-refractivity contribution in [2.24, 2.45) is 5.73 Å². The quantitative estimate of drug-likeness (QED) is 0.365. The molecule has 3 N–H and O–H groups in total. The Morgan fingerprint density at radius 2 is 1.62 bits per heavy atom. The average molecular weight is 411 g/mol. The number of amidine groups is 1. The van der Waals surface area contributed by atoms with Gasteiger partial charge in [-0.15, -0.1) is 5.10 Å². The van der Waals surface area contributed by atoms with Crippen molar-refractivity contribution >= 4 is 5.84 Å². The molecule has 11 heteroatoms. The minimum atomic E-state index is -5.81. The smallest absolute Gasteiger partial charge is 0.426 e. The lowest BCUT2D eigenvalue weighted by atomic mass is 10.1. The molecule has 0 amide bonds. The van der Waals surface area contributed by atoms with Gasteiger partial charge < -0.3 is 10.5 Å². The molecule has 1 aromatic heterocycles. The zero-order chi connectivity index (χ0) is 21.2. The Kier molecular flexibility index (Phi) is 5.23. The molecule has 0 aliphatic carbocycles. The monoisotopic (exact) mass is 411 g/mol. The van der Waals surface area contributed by atoms with Gasteiger partial charge in [0, 0.05) is 12.0 Å². The summed E-state index contributed by atoms with van der Waals surface area (Å²) >= 11 is 0. The Hall–Kier alpha value is -3.50. The van der Waals surface area contributed by atoms with Crippen molar-refractivity contribution in [2.45, 2.75) is 18.7 Å². The third-order valence-electron chi connectivity index (χ3n) is 3.78. The zero-order valence-corrected chi connectivity index (χ0v) is 14.6. The van der Waals surface area contributed by atoms with Gasteiger partial charge in [-0.2, -0.15) is 22.0 Å². The van der Waals surface area contributed by atoms with E-state index in [4.69, 9.17) is 11.1 Å². The fourth-order valence-electron chi connectivity index (χ4n) is 2.38. The van der Waals surface area contributed by atoms with Gasteiger partial charge in [0.1, 0.15) is 12.1 Å². The second kappa shape index (κ2) is 7.49. The Morgan fingerprint density at radius 1 is 1.00 bits per heavy atom. The van der Waals surface area contributed by atoms with E-state index in [1.54, 1.807) is 24.3 Å². The van der Waals surface area contributed by atoms with Crippen LogP contribution < -0.4 is 10.5 Å². The number of hydrogen-bond donors (Lipinski definition) is 2. The predicted molar refractivity (Wildman–Crippen MR) is 94.0 cm³/mol. The summed E-state index contributed by atoms with van der Waals surface area (Å²) in [5.41, 5.74) is 7.29. The van der Waals surface area contributed by atoms with E-state index in [2.05, 4.69) is 14.8 Å². The summed E-state index contributed by atoms with van der Waals surface area (Å²) in [7, 11) is 0. The molecule has 1 heterocycles. The molecule has 0 unspecified atom stereocenters. The molecule has 6 nitrogen and oxygen atoms in total. The summed E-state index contributed by atoms with van der Waals surface area (Å²) < 4.78 is 67.6. The highest BCUT2D eigenvalue weighted by Gasteiger charge is 2.61. The lowest BCUT2D eigenvalue weighted by Gasteiger charge is -2.20. The molecule has 29 heavy (non-hydrogen) atoms. The molecule has 2 aromatic carbocycles. The molecule has 0 fully saturated rings. The maximum absolute atomic E-state index is 12.9. The third kappa shape index (κ3) is 4.68. The lowest BCUT2D eigenvalue weighted by Crippen LogP contribution is -2.41. The van der Waals surface area contributed by atoms with Crippen LogP contribution in [0.25, 0.3) is 17.1 Å². The first-order valence-corrected chi connectivity index (χ1v) is 8.13. The number of halogens is 5. The van der Waals surface area contributed by atoms with Crippen molar-refractivity contribution < 1.29 is 26.7 Å². The zero-order valence-electron chi connectivity index (χ0n) is 14.6. The Bertz CT molecular complexity index is 997. The van der Waals surface area contributed by atoms with Gasteiger partial charge in [0.25, 0.3) is 0 Å². The summed E-state index contributed by atoms with van der Waals surface area (Å²) in [6.45, 7) is 0. The fraction of sp³-hybridized carbons (Fsp3) is 0.167. The molecule has 0 spiro atoms. The lowest BCUT2D eigenvalue weighted by molar-refractivity contribution is -0.360. The number of hydrogen-bond acceptors (Lipinski definition) is 4. The normalized spacial score (nSPS) is 12.0. The van der Waals surface area contributed by atoms with Crippen molar-refractivity contribution in [3.8, 4) is 22.8 Å². The number of nitrogens with two attached hydrogens (primary N) is 1. The predicted octanol–water partition coefficient (Wildman–Crippen LogP) is 3.95. The van der Waals surface area contributed by atoms with E-state index in [1.165, 1.54) is 23.1 Å². The van der Waals surface area contributed by atoms with Gasteiger partial charge >= 0.3 is 12.3 Å². The molecular formula is C18H14F5N5O. The number of ether oxygens (including phenoxy) is 1. The molecule has 0 bridgehead atoms. The van der Waals surface area contributed by atoms with Crippen LogP contribution in [0.15, 0.2) is 54.9 Å². The average Bonchev–Trinajstić information content (AvgIpc) is 3.11. The van der Waals surface area contributed by atoms with Crippen molar-refractivity contribution in [1.29, 1.82) is 5.41 Å². The van der Waals surface area contributed by atoms with Crippen LogP contribution in [0.4, 0.5) is 22.0 Å². The highest BCUT2D eigenvalue weighted by atomic mass is 19.4. The van der Waals surface area contributed by atoms with Crippen LogP contribution >= 0.6 is 0 Å². The van der Waals surface area contributed by atoms with Gasteiger partial charge in [-0.1, -0.05) is 24.3 Å². The molecule has 0 radical (unpaired) electrons. The maximum atomic E-state index is 12.9. The standard InChI is InChI=1S/C18H14F5N5O/c19-17(20,21)18(22,23)29-14-7-5-13(6-8-14)28-10-26-16(27-28)12-3-1-11(2-4-12)9-15(24)25/h1-8,10H,9H2,(H3,24,25). The van der Waals surface area contributed by atoms with E-state index in [0.29, 0.717) is 23.5 Å². The summed E-state index contributed by atoms with van der Waals surface area (Å²) in [4.78, 5) is 4.15. The summed E-state index contributed by atoms with van der Waals surface area (Å²) in [5, 5.41) is 11.5. The van der Waals surface area contributed by atoms with Crippen LogP contribution in [0.1, 0.15) is 5.56 Å². The SMILES string of the molecule is N=C(N)Cc1ccc(-c2ncn(-c3ccc(OC(F)(F)C(F)(F)F)cc3)n2)cc1. The first kappa shape index (κ1) is 20.2. The highest BCUT2D eigenvalue weighted by Crippen LogP contribution is 2.37. The Balaban J connectivity index is 1.74. The number of aromatic nitrogens is 3. The summed E-state index contributed by atoms with van der Waals surface area (Å²) in [6, 6.07) is 11.6. The number of alkyl halides is 5. The van der Waals surface area contributed by atoms with Crippen molar-refractivity contribution in [1.82, 2.24) is 14.8 Å². The summed E-state index contributed by atoms with van der Waals surface area (Å²) in [5.74, 6) is -0.221. The number of nitrogens with one attached hydrogen (secondary N) is 1. The van der Waals surface area contributed by atoms with Crippen LogP contribution in [0.5, 0.6) is 5.75 Å². The van der Waals surface area contributed by atoms with E-state index >= 15 is 0 Å². The van der Waals surface area contributed by atoms with Gasteiger partial charge in [-0.25, -0.2) is 9.67 Å². The van der Waals surface area contributed by atoms with E-state index < -0.39 is 18.0 Å². The first-order valence-electron chi connectivity index (χ1n) is 8.13. The van der Waals surface area contributed by atoms with Crippen LogP contribution in [-0.2, 0) is 6.42 Å². The van der Waals surface area contributed by atoms with Gasteiger partial charge in [-0.3, -0.25) is 5.41 Å². The van der Waals surface area contributed by atoms with Crippen molar-refractivity contribution in [3.63, 3.8) is 0 Å². The molecule has 0 aliphatic rings. The van der Waals surface area contributed by atoms with Gasteiger partial charge in [0.2, 0.25) is 0 Å². The Labute approximate surface area is 161 Å². The van der Waals surface area contributed by atoms with E-state index in [9.17, 15) is 22.0 Å². The topological polar surface area (TPSA) is 89.8 Å².